The molecule has 0 aliphatic carbocycles. The fraction of sp³-hybridized carbons (Fsp3) is 0.619. The molecule has 3 heterocycles. The predicted molar refractivity (Wildman–Crippen MR) is 99.6 cm³/mol. The molecule has 1 aromatic carbocycles. The Morgan fingerprint density at radius 1 is 1.11 bits per heavy atom. The van der Waals surface area contributed by atoms with Crippen molar-refractivity contribution < 1.29 is 28.9 Å². The quantitative estimate of drug-likeness (QED) is 0.825. The van der Waals surface area contributed by atoms with Gasteiger partial charge in [0.1, 0.15) is 0 Å². The van der Waals surface area contributed by atoms with Crippen LogP contribution in [0.1, 0.15) is 24.8 Å². The Morgan fingerprint density at radius 3 is 2.50 bits per heavy atom. The average molecular weight is 389 g/mol. The van der Waals surface area contributed by atoms with Crippen molar-refractivity contribution in [2.75, 3.05) is 39.5 Å². The number of carboxylic acid groups (broad SMARTS) is 1. The summed E-state index contributed by atoms with van der Waals surface area (Å²) < 4.78 is 17.2. The molecule has 0 aromatic heterocycles. The van der Waals surface area contributed by atoms with Crippen LogP contribution < -0.4 is 0 Å². The van der Waals surface area contributed by atoms with Gasteiger partial charge in [0.15, 0.2) is 5.60 Å². The van der Waals surface area contributed by atoms with Crippen LogP contribution in [0.4, 0.5) is 0 Å². The number of rotatable bonds is 5. The minimum Gasteiger partial charge on any atom is -0.481 e. The van der Waals surface area contributed by atoms with Gasteiger partial charge in [-0.05, 0) is 12.0 Å². The zero-order valence-electron chi connectivity index (χ0n) is 16.0. The highest BCUT2D eigenvalue weighted by Crippen LogP contribution is 2.44. The molecule has 28 heavy (non-hydrogen) atoms. The van der Waals surface area contributed by atoms with Crippen molar-refractivity contribution in [3.63, 3.8) is 0 Å². The molecule has 1 N–H and O–H groups in total. The number of ether oxygens (including phenoxy) is 3. The van der Waals surface area contributed by atoms with Crippen LogP contribution in [-0.2, 0) is 30.4 Å². The normalized spacial score (nSPS) is 29.3. The number of carboxylic acids is 1. The first-order valence-corrected chi connectivity index (χ1v) is 9.92. The summed E-state index contributed by atoms with van der Waals surface area (Å²) in [6.07, 6.45) is 1.41. The molecule has 4 rings (SSSR count). The minimum atomic E-state index is -0.956. The van der Waals surface area contributed by atoms with Gasteiger partial charge in [0.2, 0.25) is 0 Å². The van der Waals surface area contributed by atoms with Crippen molar-refractivity contribution in [3.05, 3.63) is 35.9 Å². The number of hydrogen-bond acceptors (Lipinski definition) is 5. The lowest BCUT2D eigenvalue weighted by atomic mass is 9.74. The molecule has 3 fully saturated rings. The molecule has 7 nitrogen and oxygen atoms in total. The molecule has 152 valence electrons. The summed E-state index contributed by atoms with van der Waals surface area (Å²) in [7, 11) is 0. The lowest BCUT2D eigenvalue weighted by Gasteiger charge is -2.38. The van der Waals surface area contributed by atoms with Gasteiger partial charge in [-0.1, -0.05) is 30.3 Å². The van der Waals surface area contributed by atoms with Crippen LogP contribution in [0.5, 0.6) is 0 Å². The summed E-state index contributed by atoms with van der Waals surface area (Å²) in [6, 6.07) is 9.77. The van der Waals surface area contributed by atoms with E-state index in [1.807, 2.05) is 30.3 Å². The van der Waals surface area contributed by atoms with Crippen LogP contribution in [0.15, 0.2) is 30.3 Å². The lowest BCUT2D eigenvalue weighted by molar-refractivity contribution is -0.174. The molecule has 0 unspecified atom stereocenters. The van der Waals surface area contributed by atoms with Gasteiger partial charge in [0, 0.05) is 51.7 Å². The van der Waals surface area contributed by atoms with Gasteiger partial charge in [-0.2, -0.15) is 0 Å². The first-order chi connectivity index (χ1) is 13.6. The van der Waals surface area contributed by atoms with Gasteiger partial charge in [0.05, 0.1) is 18.6 Å². The lowest BCUT2D eigenvalue weighted by Crippen LogP contribution is -2.53. The molecule has 2 atom stereocenters. The number of fused-ring (bicyclic) bond motifs is 1. The van der Waals surface area contributed by atoms with Crippen LogP contribution in [0, 0.1) is 11.3 Å². The third-order valence-corrected chi connectivity index (χ3v) is 6.47. The van der Waals surface area contributed by atoms with E-state index in [4.69, 9.17) is 14.2 Å². The summed E-state index contributed by atoms with van der Waals surface area (Å²) >= 11 is 0. The Balaban J connectivity index is 1.53. The van der Waals surface area contributed by atoms with E-state index in [1.54, 1.807) is 4.90 Å². The molecular formula is C21H27NO6. The van der Waals surface area contributed by atoms with Gasteiger partial charge < -0.3 is 24.2 Å². The van der Waals surface area contributed by atoms with Crippen LogP contribution >= 0.6 is 0 Å². The minimum absolute atomic E-state index is 0.109. The van der Waals surface area contributed by atoms with Crippen molar-refractivity contribution in [3.8, 4) is 0 Å². The smallest absolute Gasteiger partial charge is 0.311 e. The van der Waals surface area contributed by atoms with E-state index in [0.29, 0.717) is 58.8 Å². The Kier molecular flexibility index (Phi) is 5.40. The van der Waals surface area contributed by atoms with Gasteiger partial charge in [-0.25, -0.2) is 0 Å². The Hall–Kier alpha value is -1.96. The SMILES string of the molecule is O=C(N1C[C@H]2COCC[C@@]2(C(=O)O)C1)C1(OCc2ccccc2)CCOCC1. The molecule has 3 saturated heterocycles. The Morgan fingerprint density at radius 2 is 1.82 bits per heavy atom. The van der Waals surface area contributed by atoms with Crippen molar-refractivity contribution in [2.45, 2.75) is 31.5 Å². The van der Waals surface area contributed by atoms with Crippen molar-refractivity contribution in [1.82, 2.24) is 4.90 Å². The molecule has 0 saturated carbocycles. The maximum Gasteiger partial charge on any atom is 0.311 e. The summed E-state index contributed by atoms with van der Waals surface area (Å²) in [4.78, 5) is 27.3. The van der Waals surface area contributed by atoms with Crippen molar-refractivity contribution >= 4 is 11.9 Å². The van der Waals surface area contributed by atoms with Crippen molar-refractivity contribution in [2.24, 2.45) is 11.3 Å². The highest BCUT2D eigenvalue weighted by atomic mass is 16.5. The largest absolute Gasteiger partial charge is 0.481 e. The number of carbonyl (C=O) groups is 2. The van der Waals surface area contributed by atoms with E-state index in [0.717, 1.165) is 5.56 Å². The first-order valence-electron chi connectivity index (χ1n) is 9.92. The van der Waals surface area contributed by atoms with E-state index in [1.165, 1.54) is 0 Å². The zero-order chi connectivity index (χ0) is 19.6. The summed E-state index contributed by atoms with van der Waals surface area (Å²) in [5.74, 6) is -1.11. The molecule has 3 aliphatic rings. The molecule has 0 spiro atoms. The van der Waals surface area contributed by atoms with Crippen LogP contribution in [0.25, 0.3) is 0 Å². The van der Waals surface area contributed by atoms with E-state index >= 15 is 0 Å². The number of hydrogen-bond donors (Lipinski definition) is 1. The summed E-state index contributed by atoms with van der Waals surface area (Å²) in [6.45, 7) is 2.72. The zero-order valence-corrected chi connectivity index (χ0v) is 16.0. The molecule has 0 radical (unpaired) electrons. The predicted octanol–water partition coefficient (Wildman–Crippen LogP) is 1.70. The number of aliphatic carboxylic acids is 1. The second-order valence-electron chi connectivity index (χ2n) is 8.05. The number of nitrogens with zero attached hydrogens (tertiary/aromatic N) is 1. The number of benzene rings is 1. The number of likely N-dealkylation sites (tertiary alicyclic amines) is 1. The number of carbonyl (C=O) groups excluding carboxylic acids is 1. The first kappa shape index (κ1) is 19.4. The summed E-state index contributed by atoms with van der Waals surface area (Å²) in [5, 5.41) is 9.88. The fourth-order valence-corrected chi connectivity index (χ4v) is 4.66. The summed E-state index contributed by atoms with van der Waals surface area (Å²) in [5.41, 5.74) is -0.853. The fourth-order valence-electron chi connectivity index (χ4n) is 4.66. The van der Waals surface area contributed by atoms with Crippen LogP contribution in [-0.4, -0.2) is 67.0 Å². The Labute approximate surface area is 164 Å². The molecule has 0 bridgehead atoms. The van der Waals surface area contributed by atoms with Gasteiger partial charge in [0.25, 0.3) is 5.91 Å². The third-order valence-electron chi connectivity index (χ3n) is 6.47. The second kappa shape index (κ2) is 7.81. The van der Waals surface area contributed by atoms with Crippen LogP contribution in [0.2, 0.25) is 0 Å². The molecular weight excluding hydrogens is 362 g/mol. The highest BCUT2D eigenvalue weighted by molar-refractivity contribution is 5.87. The van der Waals surface area contributed by atoms with Gasteiger partial charge in [-0.3, -0.25) is 9.59 Å². The third kappa shape index (κ3) is 3.43. The van der Waals surface area contributed by atoms with Gasteiger partial charge in [-0.15, -0.1) is 0 Å². The molecule has 1 amide bonds. The highest BCUT2D eigenvalue weighted by Gasteiger charge is 2.57. The van der Waals surface area contributed by atoms with E-state index < -0.39 is 17.0 Å². The van der Waals surface area contributed by atoms with E-state index in [-0.39, 0.29) is 18.4 Å². The molecule has 7 heteroatoms. The van der Waals surface area contributed by atoms with E-state index in [2.05, 4.69) is 0 Å². The standard InChI is InChI=1S/C21H27NO6/c23-18(22-12-17-14-27-9-6-20(17,15-22)19(24)25)21(7-10-26-11-8-21)28-13-16-4-2-1-3-5-16/h1-5,17H,6-15H2,(H,24,25)/t17-,20+/m0/s1. The average Bonchev–Trinajstić information content (AvgIpc) is 3.14. The maximum atomic E-state index is 13.6. The topological polar surface area (TPSA) is 85.3 Å². The van der Waals surface area contributed by atoms with Gasteiger partial charge >= 0.3 is 5.97 Å². The molecule has 3 aliphatic heterocycles. The van der Waals surface area contributed by atoms with E-state index in [9.17, 15) is 14.7 Å². The Bertz CT molecular complexity index is 717. The monoisotopic (exact) mass is 389 g/mol. The number of amides is 1. The maximum absolute atomic E-state index is 13.6. The second-order valence-corrected chi connectivity index (χ2v) is 8.05. The van der Waals surface area contributed by atoms with Crippen molar-refractivity contribution in [1.29, 1.82) is 0 Å². The molecule has 1 aromatic rings. The van der Waals surface area contributed by atoms with Crippen LogP contribution in [0.3, 0.4) is 0 Å².